The van der Waals surface area contributed by atoms with Crippen molar-refractivity contribution in [1.29, 1.82) is 0 Å². The zero-order valence-corrected chi connectivity index (χ0v) is 10.3. The Morgan fingerprint density at radius 3 is 2.81 bits per heavy atom. The summed E-state index contributed by atoms with van der Waals surface area (Å²) in [5.74, 6) is -0.180. The molecular weight excluding hydrogens is 208 g/mol. The van der Waals surface area contributed by atoms with E-state index in [2.05, 4.69) is 0 Å². The molecule has 5 nitrogen and oxygen atoms in total. The van der Waals surface area contributed by atoms with Gasteiger partial charge in [0.05, 0.1) is 25.4 Å². The molecule has 0 amide bonds. The van der Waals surface area contributed by atoms with Crippen molar-refractivity contribution in [2.45, 2.75) is 39.0 Å². The van der Waals surface area contributed by atoms with Crippen molar-refractivity contribution in [2.75, 3.05) is 26.2 Å². The molecule has 1 aliphatic heterocycles. The van der Waals surface area contributed by atoms with Gasteiger partial charge in [-0.05, 0) is 20.8 Å². The van der Waals surface area contributed by atoms with Gasteiger partial charge in [0, 0.05) is 19.1 Å². The highest BCUT2D eigenvalue weighted by Crippen LogP contribution is 2.07. The summed E-state index contributed by atoms with van der Waals surface area (Å²) in [4.78, 5) is 13.5. The number of morpholine rings is 1. The summed E-state index contributed by atoms with van der Waals surface area (Å²) in [6.07, 6.45) is -0.0432. The largest absolute Gasteiger partial charge is 0.462 e. The number of carbonyl (C=O) groups excluding carboxylic acids is 1. The molecule has 2 atom stereocenters. The monoisotopic (exact) mass is 230 g/mol. The fourth-order valence-electron chi connectivity index (χ4n) is 1.68. The van der Waals surface area contributed by atoms with Gasteiger partial charge in [0.1, 0.15) is 0 Å². The van der Waals surface area contributed by atoms with E-state index in [0.29, 0.717) is 19.7 Å². The smallest absolute Gasteiger partial charge is 0.320 e. The molecule has 0 aromatic carbocycles. The third-order valence-electron chi connectivity index (χ3n) is 2.48. The number of nitrogens with two attached hydrogens (primary N) is 1. The van der Waals surface area contributed by atoms with Crippen LogP contribution in [0.3, 0.4) is 0 Å². The van der Waals surface area contributed by atoms with E-state index in [4.69, 9.17) is 15.2 Å². The van der Waals surface area contributed by atoms with Gasteiger partial charge in [-0.2, -0.15) is 0 Å². The molecule has 0 bridgehead atoms. The lowest BCUT2D eigenvalue weighted by molar-refractivity contribution is -0.150. The minimum atomic E-state index is -0.180. The minimum Gasteiger partial charge on any atom is -0.462 e. The van der Waals surface area contributed by atoms with Gasteiger partial charge in [0.2, 0.25) is 0 Å². The van der Waals surface area contributed by atoms with Crippen molar-refractivity contribution in [3.05, 3.63) is 0 Å². The van der Waals surface area contributed by atoms with Crippen LogP contribution in [0.1, 0.15) is 20.8 Å². The Morgan fingerprint density at radius 2 is 2.25 bits per heavy atom. The van der Waals surface area contributed by atoms with Crippen LogP contribution < -0.4 is 5.73 Å². The average Bonchev–Trinajstić information content (AvgIpc) is 2.16. The number of rotatable bonds is 4. The topological polar surface area (TPSA) is 64.8 Å². The van der Waals surface area contributed by atoms with Gasteiger partial charge in [-0.15, -0.1) is 0 Å². The molecule has 5 heteroatoms. The van der Waals surface area contributed by atoms with E-state index in [1.807, 2.05) is 25.7 Å². The second-order valence-corrected chi connectivity index (χ2v) is 4.54. The maximum absolute atomic E-state index is 11.5. The van der Waals surface area contributed by atoms with Gasteiger partial charge in [-0.1, -0.05) is 0 Å². The van der Waals surface area contributed by atoms with Crippen LogP contribution in [0.15, 0.2) is 0 Å². The first-order valence-electron chi connectivity index (χ1n) is 5.78. The molecule has 0 aromatic heterocycles. The predicted octanol–water partition coefficient (Wildman–Crippen LogP) is -0.0140. The third kappa shape index (κ3) is 4.47. The molecular formula is C11H22N2O3. The van der Waals surface area contributed by atoms with Gasteiger partial charge in [-0.25, -0.2) is 0 Å². The second kappa shape index (κ2) is 6.18. The number of hydrogen-bond donors (Lipinski definition) is 1. The lowest BCUT2D eigenvalue weighted by atomic mass is 10.1. The van der Waals surface area contributed by atoms with Crippen molar-refractivity contribution < 1.29 is 14.3 Å². The van der Waals surface area contributed by atoms with E-state index in [1.165, 1.54) is 0 Å². The van der Waals surface area contributed by atoms with E-state index in [9.17, 15) is 4.79 Å². The summed E-state index contributed by atoms with van der Waals surface area (Å²) in [6.45, 7) is 8.03. The molecule has 2 N–H and O–H groups in total. The average molecular weight is 230 g/mol. The molecule has 1 aliphatic rings. The summed E-state index contributed by atoms with van der Waals surface area (Å²) in [6, 6.07) is -0.0103. The van der Waals surface area contributed by atoms with Crippen LogP contribution in [0.4, 0.5) is 0 Å². The van der Waals surface area contributed by atoms with Crippen LogP contribution in [0.5, 0.6) is 0 Å². The molecule has 94 valence electrons. The molecule has 16 heavy (non-hydrogen) atoms. The molecule has 2 unspecified atom stereocenters. The first kappa shape index (κ1) is 13.4. The van der Waals surface area contributed by atoms with Crippen molar-refractivity contribution in [3.8, 4) is 0 Å². The molecule has 0 aliphatic carbocycles. The number of hydrogen-bond acceptors (Lipinski definition) is 5. The Hall–Kier alpha value is -0.650. The van der Waals surface area contributed by atoms with Gasteiger partial charge >= 0.3 is 5.97 Å². The van der Waals surface area contributed by atoms with Crippen LogP contribution in [-0.2, 0) is 14.3 Å². The second-order valence-electron chi connectivity index (χ2n) is 4.54. The summed E-state index contributed by atoms with van der Waals surface area (Å²) in [7, 11) is 0. The van der Waals surface area contributed by atoms with Crippen LogP contribution in [0, 0.1) is 0 Å². The van der Waals surface area contributed by atoms with Crippen LogP contribution in [0.2, 0.25) is 0 Å². The highest BCUT2D eigenvalue weighted by molar-refractivity contribution is 5.71. The van der Waals surface area contributed by atoms with Crippen molar-refractivity contribution >= 4 is 5.97 Å². The quantitative estimate of drug-likeness (QED) is 0.688. The number of esters is 1. The van der Waals surface area contributed by atoms with Crippen LogP contribution >= 0.6 is 0 Å². The summed E-state index contributed by atoms with van der Waals surface area (Å²) >= 11 is 0. The zero-order valence-electron chi connectivity index (χ0n) is 10.3. The Morgan fingerprint density at radius 1 is 1.56 bits per heavy atom. The summed E-state index contributed by atoms with van der Waals surface area (Å²) in [5.41, 5.74) is 5.77. The summed E-state index contributed by atoms with van der Waals surface area (Å²) < 4.78 is 10.6. The normalized spacial score (nSPS) is 24.4. The fourth-order valence-corrected chi connectivity index (χ4v) is 1.68. The van der Waals surface area contributed by atoms with Gasteiger partial charge in [0.15, 0.2) is 0 Å². The first-order chi connectivity index (χ1) is 7.49. The van der Waals surface area contributed by atoms with E-state index >= 15 is 0 Å². The molecule has 0 spiro atoms. The number of nitrogens with zero attached hydrogens (tertiary/aromatic N) is 1. The zero-order chi connectivity index (χ0) is 12.1. The van der Waals surface area contributed by atoms with Crippen molar-refractivity contribution in [1.82, 2.24) is 4.90 Å². The Labute approximate surface area is 96.9 Å². The highest BCUT2D eigenvalue weighted by atomic mass is 16.5. The van der Waals surface area contributed by atoms with Gasteiger partial charge in [-0.3, -0.25) is 9.69 Å². The Bertz CT molecular complexity index is 231. The Balaban J connectivity index is 2.34. The highest BCUT2D eigenvalue weighted by Gasteiger charge is 2.25. The molecule has 1 rings (SSSR count). The first-order valence-corrected chi connectivity index (χ1v) is 5.78. The SMILES string of the molecule is CC(C)OC(=O)CN1CCOC(C(C)N)C1. The number of ether oxygens (including phenoxy) is 2. The van der Waals surface area contributed by atoms with Gasteiger partial charge in [0.25, 0.3) is 0 Å². The molecule has 0 aromatic rings. The van der Waals surface area contributed by atoms with E-state index in [-0.39, 0.29) is 24.2 Å². The van der Waals surface area contributed by atoms with Crippen molar-refractivity contribution in [2.24, 2.45) is 5.73 Å². The summed E-state index contributed by atoms with van der Waals surface area (Å²) in [5, 5.41) is 0. The number of carbonyl (C=O) groups is 1. The third-order valence-corrected chi connectivity index (χ3v) is 2.48. The predicted molar refractivity (Wildman–Crippen MR) is 61.1 cm³/mol. The van der Waals surface area contributed by atoms with Gasteiger partial charge < -0.3 is 15.2 Å². The fraction of sp³-hybridized carbons (Fsp3) is 0.909. The lowest BCUT2D eigenvalue weighted by Crippen LogP contribution is -2.50. The maximum Gasteiger partial charge on any atom is 0.320 e. The maximum atomic E-state index is 11.5. The van der Waals surface area contributed by atoms with E-state index < -0.39 is 0 Å². The molecule has 1 saturated heterocycles. The lowest BCUT2D eigenvalue weighted by Gasteiger charge is -2.34. The standard InChI is InChI=1S/C11H22N2O3/c1-8(2)16-11(14)7-13-4-5-15-10(6-13)9(3)12/h8-10H,4-7,12H2,1-3H3. The van der Waals surface area contributed by atoms with Crippen LogP contribution in [0.25, 0.3) is 0 Å². The van der Waals surface area contributed by atoms with Crippen molar-refractivity contribution in [3.63, 3.8) is 0 Å². The molecule has 1 fully saturated rings. The van der Waals surface area contributed by atoms with E-state index in [1.54, 1.807) is 0 Å². The van der Waals surface area contributed by atoms with E-state index in [0.717, 1.165) is 6.54 Å². The molecule has 1 heterocycles. The molecule has 0 saturated carbocycles. The molecule has 0 radical (unpaired) electrons. The van der Waals surface area contributed by atoms with Crippen LogP contribution in [-0.4, -0.2) is 55.4 Å². The Kier molecular flexibility index (Phi) is 5.18. The minimum absolute atomic E-state index is 0.0103.